The summed E-state index contributed by atoms with van der Waals surface area (Å²) in [7, 11) is 0. The van der Waals surface area contributed by atoms with E-state index in [0.29, 0.717) is 18.6 Å². The monoisotopic (exact) mass is 285 g/mol. The van der Waals surface area contributed by atoms with Crippen LogP contribution >= 0.6 is 0 Å². The Balaban J connectivity index is 2.00. The molecule has 3 nitrogen and oxygen atoms in total. The summed E-state index contributed by atoms with van der Waals surface area (Å²) in [6.07, 6.45) is 3.31. The van der Waals surface area contributed by atoms with E-state index in [4.69, 9.17) is 15.2 Å². The molecular weight excluding hydrogens is 264 g/mol. The van der Waals surface area contributed by atoms with E-state index in [9.17, 15) is 8.78 Å². The van der Waals surface area contributed by atoms with E-state index < -0.39 is 11.6 Å². The zero-order valence-electron chi connectivity index (χ0n) is 11.7. The number of benzene rings is 1. The Morgan fingerprint density at radius 1 is 1.35 bits per heavy atom. The largest absolute Gasteiger partial charge is 0.485 e. The van der Waals surface area contributed by atoms with E-state index in [1.807, 2.05) is 0 Å². The summed E-state index contributed by atoms with van der Waals surface area (Å²) in [5.74, 6) is -1.69. The van der Waals surface area contributed by atoms with E-state index in [1.54, 1.807) is 6.92 Å². The molecule has 2 N–H and O–H groups in total. The molecule has 0 saturated carbocycles. The average molecular weight is 285 g/mol. The normalized spacial score (nSPS) is 20.7. The number of halogens is 2. The summed E-state index contributed by atoms with van der Waals surface area (Å²) in [5, 5.41) is 0. The predicted octanol–water partition coefficient (Wildman–Crippen LogP) is 2.80. The maximum Gasteiger partial charge on any atom is 0.190 e. The summed E-state index contributed by atoms with van der Waals surface area (Å²) >= 11 is 0. The molecule has 1 aromatic carbocycles. The summed E-state index contributed by atoms with van der Waals surface area (Å²) < 4.78 is 38.5. The fraction of sp³-hybridized carbons (Fsp3) is 0.600. The van der Waals surface area contributed by atoms with Crippen molar-refractivity contribution in [1.82, 2.24) is 0 Å². The second-order valence-electron chi connectivity index (χ2n) is 5.37. The molecule has 2 atom stereocenters. The first-order valence-electron chi connectivity index (χ1n) is 7.04. The van der Waals surface area contributed by atoms with Crippen LogP contribution in [0.3, 0.4) is 0 Å². The quantitative estimate of drug-likeness (QED) is 0.904. The first-order chi connectivity index (χ1) is 9.56. The van der Waals surface area contributed by atoms with Gasteiger partial charge in [-0.3, -0.25) is 0 Å². The second-order valence-corrected chi connectivity index (χ2v) is 5.37. The minimum Gasteiger partial charge on any atom is -0.485 e. The van der Waals surface area contributed by atoms with Crippen LogP contribution in [0.15, 0.2) is 12.1 Å². The molecule has 0 aliphatic carbocycles. The topological polar surface area (TPSA) is 44.5 Å². The van der Waals surface area contributed by atoms with Crippen LogP contribution in [-0.2, 0) is 11.2 Å². The molecule has 20 heavy (non-hydrogen) atoms. The molecule has 2 unspecified atom stereocenters. The molecule has 0 amide bonds. The molecule has 1 fully saturated rings. The molecule has 5 heteroatoms. The first-order valence-corrected chi connectivity index (χ1v) is 7.04. The Kier molecular flexibility index (Phi) is 5.31. The van der Waals surface area contributed by atoms with Crippen LogP contribution in [0.4, 0.5) is 8.78 Å². The van der Waals surface area contributed by atoms with Gasteiger partial charge in [0.15, 0.2) is 17.4 Å². The third-order valence-electron chi connectivity index (χ3n) is 3.30. The highest BCUT2D eigenvalue weighted by Gasteiger charge is 2.18. The van der Waals surface area contributed by atoms with Gasteiger partial charge in [-0.2, -0.15) is 0 Å². The standard InChI is InChI=1S/C15H21F2NO2/c1-10(18)6-11-7-13(16)15(14(17)8-11)20-9-12-4-2-3-5-19-12/h7-8,10,12H,2-6,9,18H2,1H3. The van der Waals surface area contributed by atoms with Crippen molar-refractivity contribution in [1.29, 1.82) is 0 Å². The van der Waals surface area contributed by atoms with E-state index in [0.717, 1.165) is 19.3 Å². The van der Waals surface area contributed by atoms with Crippen LogP contribution in [0.5, 0.6) is 5.75 Å². The van der Waals surface area contributed by atoms with Gasteiger partial charge >= 0.3 is 0 Å². The number of hydrogen-bond donors (Lipinski definition) is 1. The van der Waals surface area contributed by atoms with Crippen LogP contribution in [0, 0.1) is 11.6 Å². The van der Waals surface area contributed by atoms with E-state index >= 15 is 0 Å². The molecule has 2 rings (SSSR count). The van der Waals surface area contributed by atoms with Crippen molar-refractivity contribution in [3.8, 4) is 5.75 Å². The maximum atomic E-state index is 13.9. The average Bonchev–Trinajstić information content (AvgIpc) is 2.38. The lowest BCUT2D eigenvalue weighted by Gasteiger charge is -2.23. The molecular formula is C15H21F2NO2. The molecule has 1 heterocycles. The Labute approximate surface area is 118 Å². The summed E-state index contributed by atoms with van der Waals surface area (Å²) in [6, 6.07) is 2.42. The summed E-state index contributed by atoms with van der Waals surface area (Å²) in [4.78, 5) is 0. The summed E-state index contributed by atoms with van der Waals surface area (Å²) in [6.45, 7) is 2.66. The van der Waals surface area contributed by atoms with Gasteiger partial charge in [0.25, 0.3) is 0 Å². The van der Waals surface area contributed by atoms with Crippen LogP contribution in [0.1, 0.15) is 31.7 Å². The third kappa shape index (κ3) is 4.15. The van der Waals surface area contributed by atoms with Gasteiger partial charge in [-0.1, -0.05) is 0 Å². The van der Waals surface area contributed by atoms with E-state index in [-0.39, 0.29) is 24.5 Å². The van der Waals surface area contributed by atoms with Crippen molar-refractivity contribution >= 4 is 0 Å². The Bertz CT molecular complexity index is 422. The minimum absolute atomic E-state index is 0.0775. The van der Waals surface area contributed by atoms with Crippen molar-refractivity contribution in [2.75, 3.05) is 13.2 Å². The fourth-order valence-electron chi connectivity index (χ4n) is 2.36. The number of hydrogen-bond acceptors (Lipinski definition) is 3. The molecule has 1 aromatic rings. The Morgan fingerprint density at radius 2 is 2.05 bits per heavy atom. The van der Waals surface area contributed by atoms with E-state index in [1.165, 1.54) is 12.1 Å². The van der Waals surface area contributed by atoms with Gasteiger partial charge < -0.3 is 15.2 Å². The summed E-state index contributed by atoms with van der Waals surface area (Å²) in [5.41, 5.74) is 6.16. The van der Waals surface area contributed by atoms with Crippen molar-refractivity contribution in [3.63, 3.8) is 0 Å². The highest BCUT2D eigenvalue weighted by atomic mass is 19.1. The number of rotatable bonds is 5. The van der Waals surface area contributed by atoms with Crippen LogP contribution in [-0.4, -0.2) is 25.4 Å². The van der Waals surface area contributed by atoms with Gasteiger partial charge in [-0.15, -0.1) is 0 Å². The van der Waals surface area contributed by atoms with Gasteiger partial charge in [0.2, 0.25) is 0 Å². The smallest absolute Gasteiger partial charge is 0.190 e. The maximum absolute atomic E-state index is 13.9. The first kappa shape index (κ1) is 15.2. The molecule has 0 bridgehead atoms. The Morgan fingerprint density at radius 3 is 2.60 bits per heavy atom. The highest BCUT2D eigenvalue weighted by Crippen LogP contribution is 2.25. The molecule has 112 valence electrons. The molecule has 0 aromatic heterocycles. The molecule has 1 aliphatic heterocycles. The van der Waals surface area contributed by atoms with Crippen molar-refractivity contribution in [2.45, 2.75) is 44.8 Å². The number of nitrogens with two attached hydrogens (primary N) is 1. The van der Waals surface area contributed by atoms with Crippen molar-refractivity contribution in [2.24, 2.45) is 5.73 Å². The zero-order valence-corrected chi connectivity index (χ0v) is 11.7. The third-order valence-corrected chi connectivity index (χ3v) is 3.30. The van der Waals surface area contributed by atoms with Crippen LogP contribution in [0.25, 0.3) is 0 Å². The van der Waals surface area contributed by atoms with Crippen LogP contribution in [0.2, 0.25) is 0 Å². The SMILES string of the molecule is CC(N)Cc1cc(F)c(OCC2CCCCO2)c(F)c1. The zero-order chi connectivity index (χ0) is 14.5. The van der Waals surface area contributed by atoms with Crippen molar-refractivity contribution in [3.05, 3.63) is 29.3 Å². The predicted molar refractivity (Wildman–Crippen MR) is 72.8 cm³/mol. The molecule has 0 spiro atoms. The Hall–Kier alpha value is -1.20. The second kappa shape index (κ2) is 6.99. The lowest BCUT2D eigenvalue weighted by atomic mass is 10.1. The number of ether oxygens (including phenoxy) is 2. The van der Waals surface area contributed by atoms with Gasteiger partial charge in [-0.05, 0) is 50.3 Å². The highest BCUT2D eigenvalue weighted by molar-refractivity contribution is 5.31. The van der Waals surface area contributed by atoms with Gasteiger partial charge in [-0.25, -0.2) is 8.78 Å². The fourth-order valence-corrected chi connectivity index (χ4v) is 2.36. The molecule has 0 radical (unpaired) electrons. The van der Waals surface area contributed by atoms with E-state index in [2.05, 4.69) is 0 Å². The molecule has 1 aliphatic rings. The lowest BCUT2D eigenvalue weighted by molar-refractivity contribution is -0.0124. The van der Waals surface area contributed by atoms with Gasteiger partial charge in [0.05, 0.1) is 6.10 Å². The van der Waals surface area contributed by atoms with Crippen molar-refractivity contribution < 1.29 is 18.3 Å². The minimum atomic E-state index is -0.684. The lowest BCUT2D eigenvalue weighted by Crippen LogP contribution is -2.26. The van der Waals surface area contributed by atoms with Crippen LogP contribution < -0.4 is 10.5 Å². The van der Waals surface area contributed by atoms with Gasteiger partial charge in [0.1, 0.15) is 6.61 Å². The van der Waals surface area contributed by atoms with Gasteiger partial charge in [0, 0.05) is 12.6 Å². The molecule has 1 saturated heterocycles.